The molecule has 40 heavy (non-hydrogen) atoms. The summed E-state index contributed by atoms with van der Waals surface area (Å²) in [5.74, 6) is 2.47. The molecule has 0 atom stereocenters. The Morgan fingerprint density at radius 2 is 0.925 bits per heavy atom. The van der Waals surface area contributed by atoms with E-state index in [2.05, 4.69) is 34.8 Å². The SMILES string of the molecule is COCCn1ccnc1C=NCCN(CCN=Cc1nccn1CCOC)CCN=Cc1nccn1CCOC. The van der Waals surface area contributed by atoms with Crippen molar-refractivity contribution < 1.29 is 14.2 Å². The van der Waals surface area contributed by atoms with Gasteiger partial charge in [0.05, 0.1) is 58.1 Å². The molecule has 3 rings (SSSR count). The van der Waals surface area contributed by atoms with Crippen molar-refractivity contribution in [2.45, 2.75) is 19.6 Å². The molecular weight excluding hydrogens is 512 g/mol. The number of aliphatic imine (C=N–C) groups is 3. The van der Waals surface area contributed by atoms with Gasteiger partial charge in [-0.25, -0.2) is 15.0 Å². The Hall–Kier alpha value is -3.52. The maximum atomic E-state index is 5.17. The zero-order chi connectivity index (χ0) is 28.3. The summed E-state index contributed by atoms with van der Waals surface area (Å²) < 4.78 is 21.6. The highest BCUT2D eigenvalue weighted by Gasteiger charge is 2.05. The number of aromatic nitrogens is 6. The van der Waals surface area contributed by atoms with E-state index in [4.69, 9.17) is 14.2 Å². The number of imidazole rings is 3. The second-order valence-electron chi connectivity index (χ2n) is 8.86. The molecule has 0 amide bonds. The van der Waals surface area contributed by atoms with Crippen molar-refractivity contribution in [1.29, 1.82) is 0 Å². The van der Waals surface area contributed by atoms with E-state index in [0.717, 1.165) is 56.7 Å². The molecule has 3 aromatic rings. The number of ether oxygens (including phenoxy) is 3. The predicted molar refractivity (Wildman–Crippen MR) is 156 cm³/mol. The van der Waals surface area contributed by atoms with Gasteiger partial charge < -0.3 is 27.9 Å². The number of rotatable bonds is 21. The molecule has 0 aliphatic carbocycles. The molecule has 3 aromatic heterocycles. The smallest absolute Gasteiger partial charge is 0.150 e. The Balaban J connectivity index is 1.53. The Morgan fingerprint density at radius 1 is 0.600 bits per heavy atom. The van der Waals surface area contributed by atoms with Crippen LogP contribution in [0.2, 0.25) is 0 Å². The quantitative estimate of drug-likeness (QED) is 0.181. The Labute approximate surface area is 236 Å². The lowest BCUT2D eigenvalue weighted by Crippen LogP contribution is -2.31. The summed E-state index contributed by atoms with van der Waals surface area (Å²) in [6.45, 7) is 8.41. The fourth-order valence-electron chi connectivity index (χ4n) is 3.85. The zero-order valence-electron chi connectivity index (χ0n) is 23.9. The first-order valence-electron chi connectivity index (χ1n) is 13.5. The molecule has 0 bridgehead atoms. The molecule has 0 aliphatic heterocycles. The van der Waals surface area contributed by atoms with Crippen molar-refractivity contribution in [3.63, 3.8) is 0 Å². The molecule has 3 heterocycles. The van der Waals surface area contributed by atoms with Gasteiger partial charge >= 0.3 is 0 Å². The minimum absolute atomic E-state index is 0.630. The third kappa shape index (κ3) is 10.9. The third-order valence-electron chi connectivity index (χ3n) is 6.11. The first-order valence-corrected chi connectivity index (χ1v) is 13.5. The van der Waals surface area contributed by atoms with Gasteiger partial charge in [-0.2, -0.15) is 0 Å². The molecule has 0 aliphatic rings. The molecule has 0 fully saturated rings. The van der Waals surface area contributed by atoms with Gasteiger partial charge in [0.2, 0.25) is 0 Å². The fraction of sp³-hybridized carbons (Fsp3) is 0.556. The highest BCUT2D eigenvalue weighted by Crippen LogP contribution is 1.99. The van der Waals surface area contributed by atoms with Crippen LogP contribution in [0, 0.1) is 0 Å². The van der Waals surface area contributed by atoms with E-state index in [0.29, 0.717) is 39.5 Å². The lowest BCUT2D eigenvalue weighted by molar-refractivity contribution is 0.187. The molecule has 13 nitrogen and oxygen atoms in total. The van der Waals surface area contributed by atoms with Crippen molar-refractivity contribution >= 4 is 18.6 Å². The summed E-state index contributed by atoms with van der Waals surface area (Å²) in [7, 11) is 5.08. The summed E-state index contributed by atoms with van der Waals surface area (Å²) in [6, 6.07) is 0. The van der Waals surface area contributed by atoms with Gasteiger partial charge in [-0.3, -0.25) is 19.9 Å². The molecule has 0 radical (unpaired) electrons. The first-order chi connectivity index (χ1) is 19.7. The topological polar surface area (TPSA) is 121 Å². The van der Waals surface area contributed by atoms with Gasteiger partial charge in [0, 0.05) is 97.8 Å². The van der Waals surface area contributed by atoms with Crippen LogP contribution in [0.15, 0.2) is 52.2 Å². The second kappa shape index (κ2) is 18.7. The summed E-state index contributed by atoms with van der Waals surface area (Å²) >= 11 is 0. The summed E-state index contributed by atoms with van der Waals surface area (Å²) in [5.41, 5.74) is 0. The summed E-state index contributed by atoms with van der Waals surface area (Å²) in [5, 5.41) is 0. The molecule has 13 heteroatoms. The minimum atomic E-state index is 0.630. The molecule has 0 saturated carbocycles. The number of hydrogen-bond acceptors (Lipinski definition) is 10. The van der Waals surface area contributed by atoms with E-state index < -0.39 is 0 Å². The van der Waals surface area contributed by atoms with Crippen LogP contribution in [0.4, 0.5) is 0 Å². The maximum Gasteiger partial charge on any atom is 0.150 e. The normalized spacial score (nSPS) is 12.3. The van der Waals surface area contributed by atoms with Crippen LogP contribution in [0.1, 0.15) is 17.5 Å². The van der Waals surface area contributed by atoms with Crippen molar-refractivity contribution in [1.82, 2.24) is 33.6 Å². The van der Waals surface area contributed by atoms with E-state index >= 15 is 0 Å². The van der Waals surface area contributed by atoms with Crippen LogP contribution < -0.4 is 0 Å². The summed E-state index contributed by atoms with van der Waals surface area (Å²) in [4.78, 5) is 29.3. The molecule has 0 N–H and O–H groups in total. The van der Waals surface area contributed by atoms with Gasteiger partial charge in [-0.15, -0.1) is 0 Å². The monoisotopic (exact) mass is 554 g/mol. The lowest BCUT2D eigenvalue weighted by atomic mass is 10.4. The molecule has 0 unspecified atom stereocenters. The average molecular weight is 555 g/mol. The zero-order valence-corrected chi connectivity index (χ0v) is 23.9. The fourth-order valence-corrected chi connectivity index (χ4v) is 3.85. The van der Waals surface area contributed by atoms with Crippen LogP contribution in [0.25, 0.3) is 0 Å². The van der Waals surface area contributed by atoms with Crippen molar-refractivity contribution in [3.05, 3.63) is 54.7 Å². The first kappa shape index (κ1) is 31.0. The molecule has 0 aromatic carbocycles. The standard InChI is InChI=1S/C27H42N10O3/c1-38-19-16-35-13-7-31-25(35)22-28-4-10-34(11-5-29-23-26-32-8-14-36(26)17-20-39-2)12-6-30-24-27-33-9-15-37(27)18-21-40-3/h7-9,13-15,22-24H,4-6,10-12,16-21H2,1-3H3. The van der Waals surface area contributed by atoms with Crippen LogP contribution in [0.5, 0.6) is 0 Å². The van der Waals surface area contributed by atoms with Gasteiger partial charge in [0.1, 0.15) is 0 Å². The summed E-state index contributed by atoms with van der Waals surface area (Å²) in [6.07, 6.45) is 16.6. The van der Waals surface area contributed by atoms with E-state index in [9.17, 15) is 0 Å². The molecule has 0 spiro atoms. The number of hydrogen-bond donors (Lipinski definition) is 0. The van der Waals surface area contributed by atoms with E-state index in [1.807, 2.05) is 50.9 Å². The van der Waals surface area contributed by atoms with E-state index in [1.165, 1.54) is 0 Å². The van der Waals surface area contributed by atoms with Crippen molar-refractivity contribution in [2.24, 2.45) is 15.0 Å². The van der Waals surface area contributed by atoms with E-state index in [1.54, 1.807) is 39.9 Å². The average Bonchev–Trinajstić information content (AvgIpc) is 3.73. The minimum Gasteiger partial charge on any atom is -0.383 e. The number of nitrogens with zero attached hydrogens (tertiary/aromatic N) is 10. The predicted octanol–water partition coefficient (Wildman–Crippen LogP) is 1.17. The van der Waals surface area contributed by atoms with Crippen LogP contribution in [0.3, 0.4) is 0 Å². The van der Waals surface area contributed by atoms with Crippen LogP contribution >= 0.6 is 0 Å². The van der Waals surface area contributed by atoms with Gasteiger partial charge in [-0.05, 0) is 0 Å². The van der Waals surface area contributed by atoms with Gasteiger partial charge in [0.15, 0.2) is 17.5 Å². The number of methoxy groups -OCH3 is 3. The van der Waals surface area contributed by atoms with Crippen molar-refractivity contribution in [2.75, 3.05) is 80.4 Å². The highest BCUT2D eigenvalue weighted by atomic mass is 16.5. The van der Waals surface area contributed by atoms with Gasteiger partial charge in [-0.1, -0.05) is 0 Å². The van der Waals surface area contributed by atoms with Gasteiger partial charge in [0.25, 0.3) is 0 Å². The Kier molecular flexibility index (Phi) is 14.5. The third-order valence-corrected chi connectivity index (χ3v) is 6.11. The lowest BCUT2D eigenvalue weighted by Gasteiger charge is -2.19. The van der Waals surface area contributed by atoms with Crippen LogP contribution in [-0.4, -0.2) is 133 Å². The Morgan fingerprint density at radius 3 is 1.23 bits per heavy atom. The second-order valence-corrected chi connectivity index (χ2v) is 8.86. The van der Waals surface area contributed by atoms with Crippen molar-refractivity contribution in [3.8, 4) is 0 Å². The maximum absolute atomic E-state index is 5.17. The molecular formula is C27H42N10O3. The largest absolute Gasteiger partial charge is 0.383 e. The van der Waals surface area contributed by atoms with E-state index in [-0.39, 0.29) is 0 Å². The van der Waals surface area contributed by atoms with Crippen LogP contribution in [-0.2, 0) is 33.8 Å². The molecule has 218 valence electrons. The highest BCUT2D eigenvalue weighted by molar-refractivity contribution is 5.75. The molecule has 0 saturated heterocycles. The Bertz CT molecular complexity index is 1020.